The molecule has 0 aliphatic rings. The van der Waals surface area contributed by atoms with E-state index in [1.807, 2.05) is 48.5 Å². The van der Waals surface area contributed by atoms with Crippen LogP contribution in [0.1, 0.15) is 21.6 Å². The molecule has 0 saturated carbocycles. The van der Waals surface area contributed by atoms with Gasteiger partial charge in [-0.2, -0.15) is 4.98 Å². The minimum Gasteiger partial charge on any atom is -0.295 e. The van der Waals surface area contributed by atoms with E-state index in [1.165, 1.54) is 4.57 Å². The first kappa shape index (κ1) is 14.9. The van der Waals surface area contributed by atoms with E-state index in [2.05, 4.69) is 4.98 Å². The van der Waals surface area contributed by atoms with Crippen LogP contribution >= 0.6 is 0 Å². The zero-order valence-corrected chi connectivity index (χ0v) is 12.6. The van der Waals surface area contributed by atoms with Gasteiger partial charge in [-0.05, 0) is 11.6 Å². The summed E-state index contributed by atoms with van der Waals surface area (Å²) in [5.41, 5.74) is 1.81. The van der Waals surface area contributed by atoms with Gasteiger partial charge in [0.05, 0.1) is 18.7 Å². The summed E-state index contributed by atoms with van der Waals surface area (Å²) >= 11 is 0. The molecule has 0 saturated heterocycles. The molecule has 0 fully saturated rings. The van der Waals surface area contributed by atoms with Gasteiger partial charge in [-0.15, -0.1) is 0 Å². The molecule has 0 amide bonds. The highest BCUT2D eigenvalue weighted by molar-refractivity contribution is 5.97. The van der Waals surface area contributed by atoms with Crippen LogP contribution in [0.25, 0.3) is 0 Å². The SMILES string of the molecule is O=C(Cc1ccn(Cc2ccccc2)c(=O)n1)c1ccccc1. The Kier molecular flexibility index (Phi) is 4.43. The number of carbonyl (C=O) groups is 1. The fraction of sp³-hybridized carbons (Fsp3) is 0.105. The van der Waals surface area contributed by atoms with Crippen molar-refractivity contribution in [2.45, 2.75) is 13.0 Å². The molecule has 0 bridgehead atoms. The number of ketones is 1. The number of carbonyl (C=O) groups excluding carboxylic acids is 1. The van der Waals surface area contributed by atoms with Crippen LogP contribution in [0.4, 0.5) is 0 Å². The number of aromatic nitrogens is 2. The number of benzene rings is 2. The van der Waals surface area contributed by atoms with E-state index in [-0.39, 0.29) is 17.9 Å². The predicted octanol–water partition coefficient (Wildman–Crippen LogP) is 2.72. The third kappa shape index (κ3) is 3.80. The predicted molar refractivity (Wildman–Crippen MR) is 88.5 cm³/mol. The maximum atomic E-state index is 12.2. The van der Waals surface area contributed by atoms with Crippen molar-refractivity contribution in [2.24, 2.45) is 0 Å². The van der Waals surface area contributed by atoms with E-state index in [0.29, 0.717) is 17.8 Å². The monoisotopic (exact) mass is 304 g/mol. The van der Waals surface area contributed by atoms with Gasteiger partial charge < -0.3 is 0 Å². The third-order valence-corrected chi connectivity index (χ3v) is 3.57. The highest BCUT2D eigenvalue weighted by Gasteiger charge is 2.09. The highest BCUT2D eigenvalue weighted by atomic mass is 16.1. The van der Waals surface area contributed by atoms with Crippen LogP contribution in [0.2, 0.25) is 0 Å². The second kappa shape index (κ2) is 6.83. The molecule has 2 aromatic carbocycles. The summed E-state index contributed by atoms with van der Waals surface area (Å²) in [4.78, 5) is 28.3. The van der Waals surface area contributed by atoms with Crippen molar-refractivity contribution in [2.75, 3.05) is 0 Å². The smallest absolute Gasteiger partial charge is 0.295 e. The largest absolute Gasteiger partial charge is 0.348 e. The lowest BCUT2D eigenvalue weighted by atomic mass is 10.1. The van der Waals surface area contributed by atoms with Crippen LogP contribution in [0, 0.1) is 0 Å². The molecule has 1 aromatic heterocycles. The maximum Gasteiger partial charge on any atom is 0.348 e. The summed E-state index contributed by atoms with van der Waals surface area (Å²) in [6.45, 7) is 0.472. The minimum atomic E-state index is -0.341. The Hall–Kier alpha value is -3.01. The van der Waals surface area contributed by atoms with E-state index in [0.717, 1.165) is 5.56 Å². The highest BCUT2D eigenvalue weighted by Crippen LogP contribution is 2.05. The molecular formula is C19H16N2O2. The first-order valence-electron chi connectivity index (χ1n) is 7.41. The van der Waals surface area contributed by atoms with Crippen LogP contribution < -0.4 is 5.69 Å². The van der Waals surface area contributed by atoms with Crippen molar-refractivity contribution in [3.05, 3.63) is 100 Å². The molecule has 0 atom stereocenters. The first-order chi connectivity index (χ1) is 11.2. The molecular weight excluding hydrogens is 288 g/mol. The molecule has 1 heterocycles. The minimum absolute atomic E-state index is 0.0432. The Balaban J connectivity index is 1.75. The average molecular weight is 304 g/mol. The third-order valence-electron chi connectivity index (χ3n) is 3.57. The zero-order chi connectivity index (χ0) is 16.1. The van der Waals surface area contributed by atoms with E-state index < -0.39 is 0 Å². The van der Waals surface area contributed by atoms with Gasteiger partial charge in [0.25, 0.3) is 0 Å². The lowest BCUT2D eigenvalue weighted by Crippen LogP contribution is -2.24. The molecule has 23 heavy (non-hydrogen) atoms. The van der Waals surface area contributed by atoms with E-state index in [9.17, 15) is 9.59 Å². The van der Waals surface area contributed by atoms with Gasteiger partial charge in [0.2, 0.25) is 0 Å². The zero-order valence-electron chi connectivity index (χ0n) is 12.6. The van der Waals surface area contributed by atoms with Gasteiger partial charge in [0, 0.05) is 11.8 Å². The Morgan fingerprint density at radius 3 is 2.22 bits per heavy atom. The molecule has 4 nitrogen and oxygen atoms in total. The maximum absolute atomic E-state index is 12.2. The van der Waals surface area contributed by atoms with Crippen molar-refractivity contribution >= 4 is 5.78 Å². The number of Topliss-reactive ketones (excluding diaryl/α,β-unsaturated/α-hetero) is 1. The molecule has 4 heteroatoms. The van der Waals surface area contributed by atoms with Crippen molar-refractivity contribution < 1.29 is 4.79 Å². The number of nitrogens with zero attached hydrogens (tertiary/aromatic N) is 2. The second-order valence-corrected chi connectivity index (χ2v) is 5.28. The summed E-state index contributed by atoms with van der Waals surface area (Å²) in [6, 6.07) is 20.5. The average Bonchev–Trinajstić information content (AvgIpc) is 2.59. The van der Waals surface area contributed by atoms with E-state index in [1.54, 1.807) is 24.4 Å². The summed E-state index contributed by atoms with van der Waals surface area (Å²) in [5, 5.41) is 0. The molecule has 0 unspecified atom stereocenters. The van der Waals surface area contributed by atoms with Gasteiger partial charge >= 0.3 is 5.69 Å². The number of hydrogen-bond donors (Lipinski definition) is 0. The normalized spacial score (nSPS) is 10.4. The van der Waals surface area contributed by atoms with Crippen LogP contribution in [-0.4, -0.2) is 15.3 Å². The van der Waals surface area contributed by atoms with Crippen molar-refractivity contribution in [1.82, 2.24) is 9.55 Å². The molecule has 3 aromatic rings. The standard InChI is InChI=1S/C19H16N2O2/c22-18(16-9-5-2-6-10-16)13-17-11-12-21(19(23)20-17)14-15-7-3-1-4-8-15/h1-12H,13-14H2. The summed E-state index contributed by atoms with van der Waals surface area (Å²) in [6.07, 6.45) is 1.82. The van der Waals surface area contributed by atoms with E-state index in [4.69, 9.17) is 0 Å². The number of hydrogen-bond acceptors (Lipinski definition) is 3. The molecule has 0 aliphatic carbocycles. The Bertz CT molecular complexity index is 855. The van der Waals surface area contributed by atoms with Gasteiger partial charge in [0.15, 0.2) is 5.78 Å². The van der Waals surface area contributed by atoms with E-state index >= 15 is 0 Å². The Morgan fingerprint density at radius 2 is 1.57 bits per heavy atom. The molecule has 114 valence electrons. The molecule has 0 N–H and O–H groups in total. The van der Waals surface area contributed by atoms with Gasteiger partial charge in [-0.25, -0.2) is 4.79 Å². The molecule has 0 spiro atoms. The summed E-state index contributed by atoms with van der Waals surface area (Å²) in [5.74, 6) is -0.0432. The lowest BCUT2D eigenvalue weighted by molar-refractivity contribution is 0.0992. The van der Waals surface area contributed by atoms with Crippen LogP contribution in [-0.2, 0) is 13.0 Å². The van der Waals surface area contributed by atoms with Crippen LogP contribution in [0.5, 0.6) is 0 Å². The Morgan fingerprint density at radius 1 is 0.913 bits per heavy atom. The van der Waals surface area contributed by atoms with Gasteiger partial charge in [-0.3, -0.25) is 9.36 Å². The summed E-state index contributed by atoms with van der Waals surface area (Å²) < 4.78 is 1.53. The van der Waals surface area contributed by atoms with Crippen LogP contribution in [0.15, 0.2) is 77.7 Å². The van der Waals surface area contributed by atoms with Crippen molar-refractivity contribution in [3.63, 3.8) is 0 Å². The van der Waals surface area contributed by atoms with Gasteiger partial charge in [-0.1, -0.05) is 60.7 Å². The Labute approximate surface area is 134 Å². The van der Waals surface area contributed by atoms with Gasteiger partial charge in [0.1, 0.15) is 0 Å². The van der Waals surface area contributed by atoms with Crippen LogP contribution in [0.3, 0.4) is 0 Å². The number of rotatable bonds is 5. The van der Waals surface area contributed by atoms with Crippen molar-refractivity contribution in [1.29, 1.82) is 0 Å². The fourth-order valence-electron chi connectivity index (χ4n) is 2.35. The second-order valence-electron chi connectivity index (χ2n) is 5.28. The topological polar surface area (TPSA) is 52.0 Å². The molecule has 0 aliphatic heterocycles. The molecule has 3 rings (SSSR count). The fourth-order valence-corrected chi connectivity index (χ4v) is 2.35. The van der Waals surface area contributed by atoms with Crippen molar-refractivity contribution in [3.8, 4) is 0 Å². The molecule has 0 radical (unpaired) electrons. The lowest BCUT2D eigenvalue weighted by Gasteiger charge is -2.06. The summed E-state index contributed by atoms with van der Waals surface area (Å²) in [7, 11) is 0. The quantitative estimate of drug-likeness (QED) is 0.681. The first-order valence-corrected chi connectivity index (χ1v) is 7.41.